The summed E-state index contributed by atoms with van der Waals surface area (Å²) in [5.74, 6) is 0. The lowest BCUT2D eigenvalue weighted by Gasteiger charge is -2.32. The molecule has 2 saturated heterocycles. The molecule has 0 radical (unpaired) electrons. The summed E-state index contributed by atoms with van der Waals surface area (Å²) < 4.78 is 0. The van der Waals surface area contributed by atoms with Gasteiger partial charge in [-0.1, -0.05) is 0 Å². The Bertz CT molecular complexity index is 215. The molecule has 2 aliphatic rings. The molecule has 100 valence electrons. The summed E-state index contributed by atoms with van der Waals surface area (Å²) in [5, 5.41) is 14.7. The van der Waals surface area contributed by atoms with Crippen LogP contribution >= 0.6 is 0 Å². The summed E-state index contributed by atoms with van der Waals surface area (Å²) in [6.07, 6.45) is 2.28. The van der Waals surface area contributed by atoms with Gasteiger partial charge in [0.1, 0.15) is 0 Å². The average Bonchev–Trinajstić information content (AvgIpc) is 2.35. The Morgan fingerprint density at radius 1 is 0.647 bits per heavy atom. The first-order valence-corrected chi connectivity index (χ1v) is 6.94. The van der Waals surface area contributed by atoms with E-state index in [0.29, 0.717) is 0 Å². The second-order valence-corrected chi connectivity index (χ2v) is 5.09. The summed E-state index contributed by atoms with van der Waals surface area (Å²) in [6, 6.07) is 0. The smallest absolute Gasteiger partial charge is 0.0365 e. The number of nitrogens with one attached hydrogen (secondary N) is 1. The Labute approximate surface area is 104 Å². The van der Waals surface area contributed by atoms with Crippen LogP contribution in [-0.4, -0.2) is 85.5 Å². The van der Waals surface area contributed by atoms with E-state index in [4.69, 9.17) is 0 Å². The molecule has 2 bridgehead atoms. The lowest BCUT2D eigenvalue weighted by atomic mass is 10.2. The first-order valence-electron chi connectivity index (χ1n) is 6.94. The third kappa shape index (κ3) is 4.89. The minimum absolute atomic E-state index is 0.785. The highest BCUT2D eigenvalue weighted by Gasteiger charge is 2.14. The first kappa shape index (κ1) is 13.2. The van der Waals surface area contributed by atoms with Crippen molar-refractivity contribution in [1.82, 2.24) is 20.2 Å². The number of hydroxylamine groups is 2. The molecule has 2 heterocycles. The van der Waals surface area contributed by atoms with Crippen molar-refractivity contribution >= 4 is 0 Å². The summed E-state index contributed by atoms with van der Waals surface area (Å²) in [6.45, 7) is 10.5. The van der Waals surface area contributed by atoms with E-state index in [1.54, 1.807) is 0 Å². The zero-order valence-corrected chi connectivity index (χ0v) is 10.8. The van der Waals surface area contributed by atoms with Crippen LogP contribution < -0.4 is 5.32 Å². The minimum Gasteiger partial charge on any atom is -0.315 e. The van der Waals surface area contributed by atoms with Crippen LogP contribution in [0.15, 0.2) is 0 Å². The van der Waals surface area contributed by atoms with Gasteiger partial charge < -0.3 is 20.3 Å². The normalized spacial score (nSPS) is 34.4. The molecule has 2 unspecified atom stereocenters. The molecule has 17 heavy (non-hydrogen) atoms. The molecule has 2 N–H and O–H groups in total. The number of fused-ring (bicyclic) bond motifs is 3. The van der Waals surface area contributed by atoms with E-state index >= 15 is 0 Å². The van der Waals surface area contributed by atoms with Crippen LogP contribution in [0.3, 0.4) is 0 Å². The van der Waals surface area contributed by atoms with Crippen molar-refractivity contribution in [3.8, 4) is 0 Å². The largest absolute Gasteiger partial charge is 0.315 e. The van der Waals surface area contributed by atoms with Crippen molar-refractivity contribution in [3.05, 3.63) is 0 Å². The van der Waals surface area contributed by atoms with Crippen LogP contribution in [-0.2, 0) is 0 Å². The highest BCUT2D eigenvalue weighted by Crippen LogP contribution is 2.01. The van der Waals surface area contributed by atoms with E-state index in [-0.39, 0.29) is 0 Å². The van der Waals surface area contributed by atoms with Gasteiger partial charge in [0.2, 0.25) is 0 Å². The highest BCUT2D eigenvalue weighted by molar-refractivity contribution is 4.70. The van der Waals surface area contributed by atoms with Gasteiger partial charge in [0.15, 0.2) is 0 Å². The Morgan fingerprint density at radius 3 is 2.24 bits per heavy atom. The molecule has 2 rings (SSSR count). The maximum atomic E-state index is 9.72. The zero-order valence-electron chi connectivity index (χ0n) is 10.8. The van der Waals surface area contributed by atoms with E-state index in [1.165, 1.54) is 18.0 Å². The van der Waals surface area contributed by atoms with Gasteiger partial charge in [0.25, 0.3) is 0 Å². The summed E-state index contributed by atoms with van der Waals surface area (Å²) in [7, 11) is 0. The SMILES string of the molecule is ON1CCCN2CCNCCCN(CC1)CC2. The Balaban J connectivity index is 1.92. The minimum atomic E-state index is 0.785. The van der Waals surface area contributed by atoms with Crippen LogP contribution in [0.2, 0.25) is 0 Å². The second-order valence-electron chi connectivity index (χ2n) is 5.09. The van der Waals surface area contributed by atoms with Crippen LogP contribution in [0.1, 0.15) is 12.8 Å². The predicted octanol–water partition coefficient (Wildman–Crippen LogP) is -0.321. The maximum absolute atomic E-state index is 9.72. The summed E-state index contributed by atoms with van der Waals surface area (Å²) in [4.78, 5) is 5.00. The number of hydrogen-bond acceptors (Lipinski definition) is 5. The van der Waals surface area contributed by atoms with E-state index in [0.717, 1.165) is 65.3 Å². The van der Waals surface area contributed by atoms with E-state index in [2.05, 4.69) is 15.1 Å². The average molecular weight is 242 g/mol. The van der Waals surface area contributed by atoms with E-state index in [1.807, 2.05) is 0 Å². The predicted molar refractivity (Wildman–Crippen MR) is 68.3 cm³/mol. The number of nitrogens with zero attached hydrogens (tertiary/aromatic N) is 3. The summed E-state index contributed by atoms with van der Waals surface area (Å²) in [5.41, 5.74) is 0. The molecule has 2 aliphatic heterocycles. The van der Waals surface area contributed by atoms with Crippen molar-refractivity contribution in [2.24, 2.45) is 0 Å². The molecule has 0 aromatic carbocycles. The molecule has 0 saturated carbocycles. The molecule has 0 aromatic heterocycles. The second kappa shape index (κ2) is 7.28. The topological polar surface area (TPSA) is 42.0 Å². The Morgan fingerprint density at radius 2 is 1.35 bits per heavy atom. The van der Waals surface area contributed by atoms with Gasteiger partial charge in [-0.05, 0) is 32.5 Å². The molecule has 5 heteroatoms. The molecular formula is C12H26N4O. The van der Waals surface area contributed by atoms with Gasteiger partial charge >= 0.3 is 0 Å². The van der Waals surface area contributed by atoms with Gasteiger partial charge in [0.05, 0.1) is 0 Å². The van der Waals surface area contributed by atoms with Crippen LogP contribution in [0.4, 0.5) is 0 Å². The summed E-state index contributed by atoms with van der Waals surface area (Å²) >= 11 is 0. The van der Waals surface area contributed by atoms with Crippen LogP contribution in [0.5, 0.6) is 0 Å². The van der Waals surface area contributed by atoms with Gasteiger partial charge in [0, 0.05) is 45.8 Å². The highest BCUT2D eigenvalue weighted by atomic mass is 16.5. The number of hydrogen-bond donors (Lipinski definition) is 2. The fraction of sp³-hybridized carbons (Fsp3) is 1.00. The molecule has 0 aromatic rings. The lowest BCUT2D eigenvalue weighted by Crippen LogP contribution is -2.45. The van der Waals surface area contributed by atoms with Crippen molar-refractivity contribution in [2.75, 3.05) is 65.4 Å². The fourth-order valence-corrected chi connectivity index (χ4v) is 2.59. The first-order chi connectivity index (χ1) is 8.34. The lowest BCUT2D eigenvalue weighted by molar-refractivity contribution is -0.0985. The molecular weight excluding hydrogens is 216 g/mol. The standard InChI is InChI=1S/C12H26N4O/c17-16-7-2-6-14-8-4-13-3-1-5-15(10-9-14)11-12-16/h13,17H,1-12H2. The third-order valence-corrected chi connectivity index (χ3v) is 3.73. The molecule has 2 fully saturated rings. The van der Waals surface area contributed by atoms with Crippen molar-refractivity contribution in [3.63, 3.8) is 0 Å². The van der Waals surface area contributed by atoms with Gasteiger partial charge in [-0.25, -0.2) is 0 Å². The van der Waals surface area contributed by atoms with Crippen molar-refractivity contribution in [2.45, 2.75) is 12.8 Å². The molecule has 0 amide bonds. The monoisotopic (exact) mass is 242 g/mol. The van der Waals surface area contributed by atoms with E-state index in [9.17, 15) is 5.21 Å². The Hall–Kier alpha value is -0.200. The van der Waals surface area contributed by atoms with Crippen molar-refractivity contribution in [1.29, 1.82) is 0 Å². The van der Waals surface area contributed by atoms with Crippen LogP contribution in [0.25, 0.3) is 0 Å². The van der Waals surface area contributed by atoms with E-state index < -0.39 is 0 Å². The third-order valence-electron chi connectivity index (χ3n) is 3.73. The molecule has 0 spiro atoms. The molecule has 5 nitrogen and oxygen atoms in total. The maximum Gasteiger partial charge on any atom is 0.0365 e. The fourth-order valence-electron chi connectivity index (χ4n) is 2.59. The quantitative estimate of drug-likeness (QED) is 0.609. The molecule has 0 aliphatic carbocycles. The Kier molecular flexibility index (Phi) is 5.67. The van der Waals surface area contributed by atoms with Crippen LogP contribution in [0, 0.1) is 0 Å². The van der Waals surface area contributed by atoms with Gasteiger partial charge in [-0.15, -0.1) is 0 Å². The zero-order chi connectivity index (χ0) is 11.9. The van der Waals surface area contributed by atoms with Gasteiger partial charge in [-0.3, -0.25) is 0 Å². The number of rotatable bonds is 0. The molecule has 2 atom stereocenters. The van der Waals surface area contributed by atoms with Crippen molar-refractivity contribution < 1.29 is 5.21 Å². The van der Waals surface area contributed by atoms with Gasteiger partial charge in [-0.2, -0.15) is 5.06 Å².